The van der Waals surface area contributed by atoms with Crippen molar-refractivity contribution in [3.05, 3.63) is 71.6 Å². The zero-order valence-electron chi connectivity index (χ0n) is 17.3. The number of rotatable bonds is 8. The number of hydrogen-bond acceptors (Lipinski definition) is 4. The first-order valence-corrected chi connectivity index (χ1v) is 9.49. The van der Waals surface area contributed by atoms with Crippen LogP contribution in [0.4, 0.5) is 8.78 Å². The van der Waals surface area contributed by atoms with Crippen LogP contribution in [-0.4, -0.2) is 31.0 Å². The van der Waals surface area contributed by atoms with Crippen LogP contribution in [0, 0.1) is 6.92 Å². The van der Waals surface area contributed by atoms with Gasteiger partial charge in [0.2, 0.25) is 5.89 Å². The van der Waals surface area contributed by atoms with Crippen LogP contribution in [0.5, 0.6) is 5.75 Å². The summed E-state index contributed by atoms with van der Waals surface area (Å²) in [7, 11) is 1.66. The van der Waals surface area contributed by atoms with E-state index in [1.54, 1.807) is 31.5 Å². The Morgan fingerprint density at radius 1 is 1.13 bits per heavy atom. The van der Waals surface area contributed by atoms with Crippen molar-refractivity contribution in [2.45, 2.75) is 26.4 Å². The molecule has 0 unspecified atom stereocenters. The molecule has 0 radical (unpaired) electrons. The van der Waals surface area contributed by atoms with Gasteiger partial charge in [0.15, 0.2) is 5.96 Å². The summed E-state index contributed by atoms with van der Waals surface area (Å²) in [6, 6.07) is 15.0. The van der Waals surface area contributed by atoms with Crippen molar-refractivity contribution >= 4 is 29.9 Å². The lowest BCUT2D eigenvalue weighted by atomic mass is 10.1. The molecule has 1 aromatic heterocycles. The van der Waals surface area contributed by atoms with Crippen LogP contribution in [0.15, 0.2) is 64.2 Å². The van der Waals surface area contributed by atoms with Crippen LogP contribution in [0.1, 0.15) is 16.8 Å². The fourth-order valence-electron chi connectivity index (χ4n) is 2.70. The molecule has 0 fully saturated rings. The standard InChI is InChI=1S/C22H24F2N4O2.HI/c1-15-6-8-17(9-7-15)21-28-18(13-30-21)12-27-22(25-2)26-11-16-4-3-5-19(10-16)29-14-20(23)24;/h3-10,13,20H,11-12,14H2,1-2H3,(H2,25,26,27);1H. The van der Waals surface area contributed by atoms with Crippen molar-refractivity contribution in [2.24, 2.45) is 4.99 Å². The molecule has 166 valence electrons. The third kappa shape index (κ3) is 7.82. The van der Waals surface area contributed by atoms with Crippen LogP contribution in [0.2, 0.25) is 0 Å². The molecule has 0 aliphatic heterocycles. The Bertz CT molecular complexity index is 978. The molecule has 0 spiro atoms. The van der Waals surface area contributed by atoms with Crippen LogP contribution >= 0.6 is 24.0 Å². The van der Waals surface area contributed by atoms with Gasteiger partial charge in [0, 0.05) is 19.2 Å². The van der Waals surface area contributed by atoms with Gasteiger partial charge in [0.1, 0.15) is 18.6 Å². The third-order valence-corrected chi connectivity index (χ3v) is 4.25. The average Bonchev–Trinajstić information content (AvgIpc) is 3.22. The molecule has 2 aromatic carbocycles. The minimum atomic E-state index is -2.50. The Balaban J connectivity index is 0.00000341. The summed E-state index contributed by atoms with van der Waals surface area (Å²) < 4.78 is 35.2. The van der Waals surface area contributed by atoms with Gasteiger partial charge < -0.3 is 19.8 Å². The van der Waals surface area contributed by atoms with E-state index in [1.165, 1.54) is 5.56 Å². The van der Waals surface area contributed by atoms with Crippen molar-refractivity contribution in [3.63, 3.8) is 0 Å². The van der Waals surface area contributed by atoms with Gasteiger partial charge in [-0.15, -0.1) is 24.0 Å². The first-order valence-electron chi connectivity index (χ1n) is 9.49. The molecule has 0 amide bonds. The fourth-order valence-corrected chi connectivity index (χ4v) is 2.70. The number of hydrogen-bond donors (Lipinski definition) is 2. The summed E-state index contributed by atoms with van der Waals surface area (Å²) in [5.74, 6) is 1.55. The van der Waals surface area contributed by atoms with Crippen molar-refractivity contribution in [3.8, 4) is 17.2 Å². The number of nitrogens with zero attached hydrogens (tertiary/aromatic N) is 2. The monoisotopic (exact) mass is 542 g/mol. The molecule has 2 N–H and O–H groups in total. The van der Waals surface area contributed by atoms with E-state index < -0.39 is 13.0 Å². The quantitative estimate of drug-likeness (QED) is 0.244. The summed E-state index contributed by atoms with van der Waals surface area (Å²) in [4.78, 5) is 8.67. The van der Waals surface area contributed by atoms with E-state index in [1.807, 2.05) is 37.3 Å². The maximum atomic E-state index is 12.3. The van der Waals surface area contributed by atoms with Gasteiger partial charge in [-0.25, -0.2) is 13.8 Å². The molecule has 6 nitrogen and oxygen atoms in total. The molecular formula is C22H25F2IN4O2. The minimum Gasteiger partial charge on any atom is -0.488 e. The minimum absolute atomic E-state index is 0. The zero-order valence-corrected chi connectivity index (χ0v) is 19.6. The van der Waals surface area contributed by atoms with E-state index in [0.29, 0.717) is 30.7 Å². The summed E-state index contributed by atoms with van der Waals surface area (Å²) in [5, 5.41) is 6.34. The Kier molecular flexibility index (Phi) is 9.70. The normalized spacial score (nSPS) is 11.2. The molecule has 3 aromatic rings. The van der Waals surface area contributed by atoms with Crippen LogP contribution < -0.4 is 15.4 Å². The topological polar surface area (TPSA) is 71.7 Å². The van der Waals surface area contributed by atoms with Crippen molar-refractivity contribution in [2.75, 3.05) is 13.7 Å². The summed E-state index contributed by atoms with van der Waals surface area (Å²) >= 11 is 0. The maximum Gasteiger partial charge on any atom is 0.272 e. The lowest BCUT2D eigenvalue weighted by Crippen LogP contribution is -2.36. The second kappa shape index (κ2) is 12.2. The summed E-state index contributed by atoms with van der Waals surface area (Å²) in [6.07, 6.45) is -0.892. The molecular weight excluding hydrogens is 517 g/mol. The van der Waals surface area contributed by atoms with Crippen molar-refractivity contribution in [1.29, 1.82) is 0 Å². The van der Waals surface area contributed by atoms with E-state index in [2.05, 4.69) is 20.6 Å². The Morgan fingerprint density at radius 3 is 2.58 bits per heavy atom. The second-order valence-electron chi connectivity index (χ2n) is 6.64. The summed E-state index contributed by atoms with van der Waals surface area (Å²) in [6.45, 7) is 2.30. The predicted molar refractivity (Wildman–Crippen MR) is 127 cm³/mol. The van der Waals surface area contributed by atoms with Gasteiger partial charge in [-0.1, -0.05) is 29.8 Å². The molecule has 0 saturated heterocycles. The molecule has 0 aliphatic carbocycles. The van der Waals surface area contributed by atoms with Crippen molar-refractivity contribution in [1.82, 2.24) is 15.6 Å². The molecule has 0 bridgehead atoms. The number of oxazole rings is 1. The average molecular weight is 542 g/mol. The molecule has 3 rings (SSSR count). The number of aryl methyl sites for hydroxylation is 1. The van der Waals surface area contributed by atoms with E-state index in [4.69, 9.17) is 9.15 Å². The number of guanidine groups is 1. The number of aliphatic imine (C=N–C) groups is 1. The summed E-state index contributed by atoms with van der Waals surface area (Å²) in [5.41, 5.74) is 3.72. The lowest BCUT2D eigenvalue weighted by Gasteiger charge is -2.12. The van der Waals surface area contributed by atoms with Gasteiger partial charge in [0.25, 0.3) is 6.43 Å². The molecule has 1 heterocycles. The number of aromatic nitrogens is 1. The Labute approximate surface area is 197 Å². The highest BCUT2D eigenvalue weighted by Crippen LogP contribution is 2.19. The molecule has 0 aliphatic rings. The first-order chi connectivity index (χ1) is 14.5. The Hall–Kier alpha value is -2.69. The molecule has 31 heavy (non-hydrogen) atoms. The molecule has 0 atom stereocenters. The molecule has 9 heteroatoms. The second-order valence-corrected chi connectivity index (χ2v) is 6.64. The van der Waals surface area contributed by atoms with Gasteiger partial charge in [-0.3, -0.25) is 4.99 Å². The predicted octanol–water partition coefficient (Wildman–Crippen LogP) is 4.78. The first kappa shape index (κ1) is 24.6. The van der Waals surface area contributed by atoms with E-state index in [0.717, 1.165) is 16.8 Å². The van der Waals surface area contributed by atoms with Crippen molar-refractivity contribution < 1.29 is 17.9 Å². The van der Waals surface area contributed by atoms with Gasteiger partial charge in [-0.05, 0) is 36.8 Å². The van der Waals surface area contributed by atoms with Gasteiger partial charge in [-0.2, -0.15) is 0 Å². The number of halogens is 3. The highest BCUT2D eigenvalue weighted by atomic mass is 127. The number of benzene rings is 2. The molecule has 0 saturated carbocycles. The largest absolute Gasteiger partial charge is 0.488 e. The lowest BCUT2D eigenvalue weighted by molar-refractivity contribution is 0.0818. The smallest absolute Gasteiger partial charge is 0.272 e. The van der Waals surface area contributed by atoms with E-state index >= 15 is 0 Å². The Morgan fingerprint density at radius 2 is 1.87 bits per heavy atom. The fraction of sp³-hybridized carbons (Fsp3) is 0.273. The van der Waals surface area contributed by atoms with Gasteiger partial charge >= 0.3 is 0 Å². The maximum absolute atomic E-state index is 12.3. The van der Waals surface area contributed by atoms with E-state index in [-0.39, 0.29) is 24.0 Å². The number of alkyl halides is 2. The zero-order chi connectivity index (χ0) is 21.3. The number of nitrogens with one attached hydrogen (secondary N) is 2. The highest BCUT2D eigenvalue weighted by Gasteiger charge is 2.08. The van der Waals surface area contributed by atoms with Crippen LogP contribution in [-0.2, 0) is 13.1 Å². The SMILES string of the molecule is CN=C(NCc1cccc(OCC(F)F)c1)NCc1coc(-c2ccc(C)cc2)n1.I. The van der Waals surface area contributed by atoms with Crippen LogP contribution in [0.3, 0.4) is 0 Å². The third-order valence-electron chi connectivity index (χ3n) is 4.25. The number of ether oxygens (including phenoxy) is 1. The van der Waals surface area contributed by atoms with Crippen LogP contribution in [0.25, 0.3) is 11.5 Å². The van der Waals surface area contributed by atoms with E-state index in [9.17, 15) is 8.78 Å². The van der Waals surface area contributed by atoms with Gasteiger partial charge in [0.05, 0.1) is 12.2 Å². The highest BCUT2D eigenvalue weighted by molar-refractivity contribution is 14.0.